The van der Waals surface area contributed by atoms with Crippen LogP contribution in [-0.2, 0) is 6.54 Å². The summed E-state index contributed by atoms with van der Waals surface area (Å²) in [6.07, 6.45) is 6.71. The number of aryl methyl sites for hydroxylation is 1. The fourth-order valence-corrected chi connectivity index (χ4v) is 1.23. The molecule has 0 aliphatic carbocycles. The third kappa shape index (κ3) is 3.85. The lowest BCUT2D eigenvalue weighted by Crippen LogP contribution is -1.95. The summed E-state index contributed by atoms with van der Waals surface area (Å²) in [6.45, 7) is 3.09. The molecule has 0 unspecified atom stereocenters. The second kappa shape index (κ2) is 6.50. The van der Waals surface area contributed by atoms with Gasteiger partial charge in [-0.25, -0.2) is 0 Å². The third-order valence-corrected chi connectivity index (χ3v) is 2.02. The highest BCUT2D eigenvalue weighted by Gasteiger charge is 1.92. The molecule has 0 amide bonds. The van der Waals surface area contributed by atoms with Crippen molar-refractivity contribution in [3.05, 3.63) is 18.0 Å². The molecule has 0 saturated heterocycles. The molecule has 1 aromatic rings. The molecule has 0 fully saturated rings. The molecule has 0 aliphatic rings. The maximum absolute atomic E-state index is 5.54. The van der Waals surface area contributed by atoms with Gasteiger partial charge in [-0.2, -0.15) is 5.10 Å². The molecule has 0 radical (unpaired) electrons. The molecule has 0 bridgehead atoms. The van der Waals surface area contributed by atoms with E-state index in [1.165, 1.54) is 0 Å². The molecule has 0 N–H and O–H groups in total. The Hall–Kier alpha value is -0.940. The van der Waals surface area contributed by atoms with Gasteiger partial charge < -0.3 is 0 Å². The maximum atomic E-state index is 5.54. The smallest absolute Gasteiger partial charge is 0.0646 e. The van der Waals surface area contributed by atoms with Crippen LogP contribution in [0.25, 0.3) is 0 Å². The highest BCUT2D eigenvalue weighted by atomic mass is 35.5. The zero-order chi connectivity index (χ0) is 10.2. The molecule has 0 spiro atoms. The number of nitrogens with zero attached hydrogens (tertiary/aromatic N) is 2. The standard InChI is InChI=1S/C11H15ClN2/c1-2-8-14-10-11(9-13-14)6-4-3-5-7-12/h9-10H,2-3,5,7-8H2,1H3. The molecule has 0 aromatic carbocycles. The predicted molar refractivity (Wildman–Crippen MR) is 59.4 cm³/mol. The van der Waals surface area contributed by atoms with E-state index in [-0.39, 0.29) is 0 Å². The van der Waals surface area contributed by atoms with Crippen LogP contribution in [0.15, 0.2) is 12.4 Å². The Kier molecular flexibility index (Phi) is 5.17. The first-order chi connectivity index (χ1) is 6.86. The van der Waals surface area contributed by atoms with Crippen molar-refractivity contribution in [2.45, 2.75) is 32.7 Å². The Bertz CT molecular complexity index is 320. The zero-order valence-corrected chi connectivity index (χ0v) is 9.22. The zero-order valence-electron chi connectivity index (χ0n) is 8.46. The van der Waals surface area contributed by atoms with E-state index in [2.05, 4.69) is 23.9 Å². The monoisotopic (exact) mass is 210 g/mol. The summed E-state index contributed by atoms with van der Waals surface area (Å²) in [5, 5.41) is 4.19. The van der Waals surface area contributed by atoms with Gasteiger partial charge in [-0.3, -0.25) is 4.68 Å². The van der Waals surface area contributed by atoms with Gasteiger partial charge in [-0.15, -0.1) is 11.6 Å². The van der Waals surface area contributed by atoms with Gasteiger partial charge in [-0.1, -0.05) is 18.8 Å². The molecular weight excluding hydrogens is 196 g/mol. The minimum Gasteiger partial charge on any atom is -0.271 e. The molecule has 1 rings (SSSR count). The SMILES string of the molecule is CCCn1cc(C#CCCCCl)cn1. The summed E-state index contributed by atoms with van der Waals surface area (Å²) in [5.41, 5.74) is 0.994. The third-order valence-electron chi connectivity index (χ3n) is 1.75. The van der Waals surface area contributed by atoms with Crippen molar-refractivity contribution < 1.29 is 0 Å². The first-order valence-electron chi connectivity index (χ1n) is 4.94. The van der Waals surface area contributed by atoms with E-state index in [1.807, 2.05) is 17.1 Å². The minimum atomic E-state index is 0.684. The second-order valence-corrected chi connectivity index (χ2v) is 3.46. The largest absolute Gasteiger partial charge is 0.271 e. The lowest BCUT2D eigenvalue weighted by atomic mass is 10.3. The number of hydrogen-bond donors (Lipinski definition) is 0. The van der Waals surface area contributed by atoms with Crippen molar-refractivity contribution in [2.24, 2.45) is 0 Å². The van der Waals surface area contributed by atoms with Crippen LogP contribution in [0.5, 0.6) is 0 Å². The van der Waals surface area contributed by atoms with Gasteiger partial charge in [0.2, 0.25) is 0 Å². The average molecular weight is 211 g/mol. The first-order valence-corrected chi connectivity index (χ1v) is 5.47. The number of halogens is 1. The van der Waals surface area contributed by atoms with Crippen LogP contribution in [0.2, 0.25) is 0 Å². The molecule has 0 saturated carbocycles. The maximum Gasteiger partial charge on any atom is 0.0646 e. The molecule has 1 aromatic heterocycles. The van der Waals surface area contributed by atoms with Crippen molar-refractivity contribution in [3.8, 4) is 11.8 Å². The number of unbranched alkanes of at least 4 members (excludes halogenated alkanes) is 1. The fourth-order valence-electron chi connectivity index (χ4n) is 1.10. The lowest BCUT2D eigenvalue weighted by molar-refractivity contribution is 0.602. The first kappa shape index (κ1) is 11.1. The van der Waals surface area contributed by atoms with Crippen LogP contribution in [-0.4, -0.2) is 15.7 Å². The van der Waals surface area contributed by atoms with Gasteiger partial charge in [0, 0.05) is 25.0 Å². The van der Waals surface area contributed by atoms with Crippen LogP contribution in [0.3, 0.4) is 0 Å². The number of alkyl halides is 1. The van der Waals surface area contributed by atoms with Crippen molar-refractivity contribution >= 4 is 11.6 Å². The predicted octanol–water partition coefficient (Wildman–Crippen LogP) is 2.66. The Labute approximate surface area is 90.3 Å². The van der Waals surface area contributed by atoms with Crippen LogP contribution in [0.4, 0.5) is 0 Å². The highest BCUT2D eigenvalue weighted by Crippen LogP contribution is 1.97. The normalized spacial score (nSPS) is 9.57. The summed E-state index contributed by atoms with van der Waals surface area (Å²) in [7, 11) is 0. The van der Waals surface area contributed by atoms with Crippen molar-refractivity contribution in [1.29, 1.82) is 0 Å². The summed E-state index contributed by atoms with van der Waals surface area (Å²) >= 11 is 5.54. The summed E-state index contributed by atoms with van der Waals surface area (Å²) in [5.74, 6) is 6.82. The van der Waals surface area contributed by atoms with E-state index in [9.17, 15) is 0 Å². The van der Waals surface area contributed by atoms with Gasteiger partial charge in [0.05, 0.1) is 11.8 Å². The van der Waals surface area contributed by atoms with Crippen molar-refractivity contribution in [2.75, 3.05) is 5.88 Å². The van der Waals surface area contributed by atoms with Crippen LogP contribution in [0, 0.1) is 11.8 Å². The Balaban J connectivity index is 2.44. The van der Waals surface area contributed by atoms with E-state index in [4.69, 9.17) is 11.6 Å². The van der Waals surface area contributed by atoms with Gasteiger partial charge in [0.1, 0.15) is 0 Å². The van der Waals surface area contributed by atoms with Gasteiger partial charge in [-0.05, 0) is 12.8 Å². The van der Waals surface area contributed by atoms with Crippen LogP contribution >= 0.6 is 11.6 Å². The second-order valence-electron chi connectivity index (χ2n) is 3.09. The van der Waals surface area contributed by atoms with Crippen LogP contribution < -0.4 is 0 Å². The molecule has 14 heavy (non-hydrogen) atoms. The van der Waals surface area contributed by atoms with E-state index < -0.39 is 0 Å². The minimum absolute atomic E-state index is 0.684. The molecular formula is C11H15ClN2. The number of hydrogen-bond acceptors (Lipinski definition) is 1. The Morgan fingerprint density at radius 3 is 3.14 bits per heavy atom. The van der Waals surface area contributed by atoms with E-state index in [0.29, 0.717) is 5.88 Å². The van der Waals surface area contributed by atoms with Gasteiger partial charge >= 0.3 is 0 Å². The molecule has 3 heteroatoms. The van der Waals surface area contributed by atoms with E-state index in [0.717, 1.165) is 31.4 Å². The molecule has 0 atom stereocenters. The Morgan fingerprint density at radius 1 is 1.57 bits per heavy atom. The fraction of sp³-hybridized carbons (Fsp3) is 0.545. The Morgan fingerprint density at radius 2 is 2.43 bits per heavy atom. The number of rotatable bonds is 4. The van der Waals surface area contributed by atoms with Crippen molar-refractivity contribution in [3.63, 3.8) is 0 Å². The van der Waals surface area contributed by atoms with Crippen LogP contribution in [0.1, 0.15) is 31.7 Å². The highest BCUT2D eigenvalue weighted by molar-refractivity contribution is 6.17. The molecule has 1 heterocycles. The average Bonchev–Trinajstić information content (AvgIpc) is 2.61. The molecule has 2 nitrogen and oxygen atoms in total. The summed E-state index contributed by atoms with van der Waals surface area (Å²) < 4.78 is 1.92. The topological polar surface area (TPSA) is 17.8 Å². The van der Waals surface area contributed by atoms with Crippen molar-refractivity contribution in [1.82, 2.24) is 9.78 Å². The van der Waals surface area contributed by atoms with Gasteiger partial charge in [0.15, 0.2) is 0 Å². The molecule has 0 aliphatic heterocycles. The van der Waals surface area contributed by atoms with E-state index >= 15 is 0 Å². The van der Waals surface area contributed by atoms with Gasteiger partial charge in [0.25, 0.3) is 0 Å². The van der Waals surface area contributed by atoms with E-state index in [1.54, 1.807) is 0 Å². The number of aromatic nitrogens is 2. The summed E-state index contributed by atoms with van der Waals surface area (Å²) in [4.78, 5) is 0. The quantitative estimate of drug-likeness (QED) is 0.425. The lowest BCUT2D eigenvalue weighted by Gasteiger charge is -1.93. The summed E-state index contributed by atoms with van der Waals surface area (Å²) in [6, 6.07) is 0. The molecule has 76 valence electrons.